The van der Waals surface area contributed by atoms with Crippen molar-refractivity contribution in [1.29, 1.82) is 0 Å². The summed E-state index contributed by atoms with van der Waals surface area (Å²) >= 11 is 3.04. The molecule has 31 heavy (non-hydrogen) atoms. The zero-order chi connectivity index (χ0) is 22.9. The molecule has 4 rings (SSSR count). The van der Waals surface area contributed by atoms with Gasteiger partial charge in [-0.2, -0.15) is 13.2 Å². The van der Waals surface area contributed by atoms with Gasteiger partial charge < -0.3 is 9.64 Å². The number of rotatable bonds is 1. The van der Waals surface area contributed by atoms with Gasteiger partial charge in [-0.1, -0.05) is 13.8 Å². The number of barbiturate groups is 1. The zero-order valence-corrected chi connectivity index (χ0v) is 17.9. The highest BCUT2D eigenvalue weighted by Gasteiger charge is 2.65. The number of urea groups is 1. The van der Waals surface area contributed by atoms with Crippen LogP contribution in [0.3, 0.4) is 0 Å². The maximum atomic E-state index is 14.4. The van der Waals surface area contributed by atoms with Crippen molar-refractivity contribution in [2.24, 2.45) is 11.3 Å². The summed E-state index contributed by atoms with van der Waals surface area (Å²) in [7, 11) is 0. The Kier molecular flexibility index (Phi) is 5.08. The average molecular weight is 508 g/mol. The van der Waals surface area contributed by atoms with Gasteiger partial charge in [0.15, 0.2) is 11.5 Å². The number of nitrogens with zero attached hydrogens (tertiary/aromatic N) is 1. The summed E-state index contributed by atoms with van der Waals surface area (Å²) in [4.78, 5) is 39.1. The van der Waals surface area contributed by atoms with E-state index in [0.717, 1.165) is 6.07 Å². The molecule has 0 aliphatic carbocycles. The van der Waals surface area contributed by atoms with Crippen LogP contribution < -0.4 is 15.5 Å². The van der Waals surface area contributed by atoms with E-state index in [1.54, 1.807) is 13.8 Å². The molecule has 4 amide bonds. The van der Waals surface area contributed by atoms with Crippen molar-refractivity contribution in [3.63, 3.8) is 0 Å². The van der Waals surface area contributed by atoms with Crippen molar-refractivity contribution in [3.05, 3.63) is 28.0 Å². The smallest absolute Gasteiger partial charge is 0.361 e. The molecule has 1 aromatic rings. The Hall–Kier alpha value is -2.21. The van der Waals surface area contributed by atoms with Gasteiger partial charge in [-0.15, -0.1) is 0 Å². The lowest BCUT2D eigenvalue weighted by atomic mass is 9.65. The third-order valence-electron chi connectivity index (χ3n) is 6.02. The summed E-state index contributed by atoms with van der Waals surface area (Å²) in [5, 5.41) is 4.12. The Balaban J connectivity index is 1.96. The minimum Gasteiger partial charge on any atom is -0.361 e. The third-order valence-corrected chi connectivity index (χ3v) is 6.63. The van der Waals surface area contributed by atoms with E-state index >= 15 is 0 Å². The molecule has 2 saturated heterocycles. The van der Waals surface area contributed by atoms with Crippen LogP contribution in [0.4, 0.5) is 28.0 Å². The summed E-state index contributed by atoms with van der Waals surface area (Å²) in [6, 6.07) is 0.220. The maximum Gasteiger partial charge on any atom is 0.416 e. The molecule has 0 saturated carbocycles. The van der Waals surface area contributed by atoms with E-state index in [4.69, 9.17) is 4.74 Å². The van der Waals surface area contributed by atoms with Gasteiger partial charge in [-0.3, -0.25) is 20.2 Å². The first-order chi connectivity index (χ1) is 14.4. The first-order valence-electron chi connectivity index (χ1n) is 9.50. The monoisotopic (exact) mass is 507 g/mol. The molecule has 0 aromatic heterocycles. The molecule has 3 aliphatic heterocycles. The largest absolute Gasteiger partial charge is 0.416 e. The average Bonchev–Trinajstić information content (AvgIpc) is 2.65. The van der Waals surface area contributed by atoms with Crippen LogP contribution in [0, 0.1) is 17.2 Å². The van der Waals surface area contributed by atoms with Crippen molar-refractivity contribution >= 4 is 39.5 Å². The molecular formula is C19H18BrF4N3O4. The Morgan fingerprint density at radius 2 is 1.81 bits per heavy atom. The predicted octanol–water partition coefficient (Wildman–Crippen LogP) is 2.66. The second-order valence-corrected chi connectivity index (χ2v) is 9.11. The van der Waals surface area contributed by atoms with E-state index in [0.29, 0.717) is 5.56 Å². The summed E-state index contributed by atoms with van der Waals surface area (Å²) < 4.78 is 60.8. The van der Waals surface area contributed by atoms with Crippen molar-refractivity contribution in [2.45, 2.75) is 44.7 Å². The van der Waals surface area contributed by atoms with Gasteiger partial charge in [0.2, 0.25) is 11.8 Å². The fourth-order valence-electron chi connectivity index (χ4n) is 4.66. The van der Waals surface area contributed by atoms with Gasteiger partial charge in [-0.05, 0) is 46.0 Å². The number of ether oxygens (including phenoxy) is 1. The first kappa shape index (κ1) is 22.0. The molecule has 168 valence electrons. The van der Waals surface area contributed by atoms with Gasteiger partial charge in [-0.25, -0.2) is 9.18 Å². The van der Waals surface area contributed by atoms with Crippen LogP contribution in [0.25, 0.3) is 0 Å². The van der Waals surface area contributed by atoms with Crippen LogP contribution in [-0.4, -0.2) is 48.8 Å². The first-order valence-corrected chi connectivity index (χ1v) is 10.3. The fourth-order valence-corrected chi connectivity index (χ4v) is 5.05. The molecule has 0 radical (unpaired) electrons. The Bertz CT molecular complexity index is 964. The highest BCUT2D eigenvalue weighted by molar-refractivity contribution is 9.10. The third kappa shape index (κ3) is 3.30. The van der Waals surface area contributed by atoms with Crippen LogP contribution in [0.15, 0.2) is 16.6 Å². The van der Waals surface area contributed by atoms with E-state index in [1.807, 2.05) is 0 Å². The van der Waals surface area contributed by atoms with E-state index in [-0.39, 0.29) is 16.6 Å². The number of hydrogen-bond donors (Lipinski definition) is 2. The number of halogens is 5. The molecule has 1 aromatic carbocycles. The number of fused-ring (bicyclic) bond motifs is 4. The lowest BCUT2D eigenvalue weighted by molar-refractivity contribution is -0.250. The topological polar surface area (TPSA) is 87.7 Å². The van der Waals surface area contributed by atoms with Gasteiger partial charge in [0, 0.05) is 5.69 Å². The van der Waals surface area contributed by atoms with Crippen molar-refractivity contribution in [2.75, 3.05) is 11.4 Å². The SMILES string of the molecule is CC(C)C1O[C@H](C(F)(F)F)CN2c3cc(F)c(Br)cc3CC3(C(=O)NC(=O)NC3=O)[C@@H]12. The molecule has 2 fully saturated rings. The highest BCUT2D eigenvalue weighted by Crippen LogP contribution is 2.50. The van der Waals surface area contributed by atoms with E-state index in [9.17, 15) is 31.9 Å². The van der Waals surface area contributed by atoms with E-state index in [1.165, 1.54) is 11.0 Å². The van der Waals surface area contributed by atoms with Crippen LogP contribution in [-0.2, 0) is 20.7 Å². The minimum absolute atomic E-state index is 0.0357. The summed E-state index contributed by atoms with van der Waals surface area (Å²) in [6.07, 6.45) is -8.37. The number of alkyl halides is 3. The second kappa shape index (κ2) is 7.16. The minimum atomic E-state index is -4.72. The van der Waals surface area contributed by atoms with E-state index < -0.39 is 66.0 Å². The zero-order valence-electron chi connectivity index (χ0n) is 16.3. The number of amides is 4. The highest BCUT2D eigenvalue weighted by atomic mass is 79.9. The normalized spacial score (nSPS) is 27.7. The van der Waals surface area contributed by atoms with Gasteiger partial charge >= 0.3 is 12.2 Å². The van der Waals surface area contributed by atoms with Crippen LogP contribution in [0.1, 0.15) is 19.4 Å². The van der Waals surface area contributed by atoms with Gasteiger partial charge in [0.1, 0.15) is 5.82 Å². The number of benzene rings is 1. The fraction of sp³-hybridized carbons (Fsp3) is 0.526. The molecule has 7 nitrogen and oxygen atoms in total. The van der Waals surface area contributed by atoms with Crippen molar-refractivity contribution < 1.29 is 36.7 Å². The van der Waals surface area contributed by atoms with Crippen LogP contribution >= 0.6 is 15.9 Å². The summed E-state index contributed by atoms with van der Waals surface area (Å²) in [6.45, 7) is 2.48. The number of morpholine rings is 1. The van der Waals surface area contributed by atoms with Crippen LogP contribution in [0.2, 0.25) is 0 Å². The van der Waals surface area contributed by atoms with Gasteiger partial charge in [0.05, 0.1) is 23.2 Å². The quantitative estimate of drug-likeness (QED) is 0.450. The molecule has 3 aliphatic rings. The summed E-state index contributed by atoms with van der Waals surface area (Å²) in [5.41, 5.74) is -1.49. The molecule has 3 atom stereocenters. The molecule has 1 unspecified atom stereocenters. The number of carbonyl (C=O) groups excluding carboxylic acids is 3. The van der Waals surface area contributed by atoms with Crippen molar-refractivity contribution in [1.82, 2.24) is 10.6 Å². The standard InChI is InChI=1S/C19H18BrF4N3O4/c1-7(2)13-14-18(15(28)25-17(30)26-16(18)29)5-8-3-9(20)10(21)4-11(8)27(14)6-12(31-13)19(22,23)24/h3-4,7,12-14H,5-6H2,1-2H3,(H2,25,26,28,29,30)/t12-,13?,14+/m0/s1. The molecule has 1 spiro atoms. The Labute approximate surface area is 182 Å². The molecule has 0 bridgehead atoms. The number of hydrogen-bond acceptors (Lipinski definition) is 5. The predicted molar refractivity (Wildman–Crippen MR) is 103 cm³/mol. The second-order valence-electron chi connectivity index (χ2n) is 8.25. The molecule has 12 heteroatoms. The molecule has 3 heterocycles. The Morgan fingerprint density at radius 3 is 2.35 bits per heavy atom. The number of nitrogens with one attached hydrogen (secondary N) is 2. The van der Waals surface area contributed by atoms with Gasteiger partial charge in [0.25, 0.3) is 0 Å². The number of carbonyl (C=O) groups is 3. The van der Waals surface area contributed by atoms with E-state index in [2.05, 4.69) is 26.6 Å². The lowest BCUT2D eigenvalue weighted by Gasteiger charge is -2.57. The summed E-state index contributed by atoms with van der Waals surface area (Å²) in [5.74, 6) is -3.09. The maximum absolute atomic E-state index is 14.4. The Morgan fingerprint density at radius 1 is 1.19 bits per heavy atom. The number of imide groups is 2. The molecule has 2 N–H and O–H groups in total. The van der Waals surface area contributed by atoms with Crippen LogP contribution in [0.5, 0.6) is 0 Å². The van der Waals surface area contributed by atoms with Crippen molar-refractivity contribution in [3.8, 4) is 0 Å². The lowest BCUT2D eigenvalue weighted by Crippen LogP contribution is -2.76. The number of anilines is 1. The molecular weight excluding hydrogens is 490 g/mol.